The van der Waals surface area contributed by atoms with Gasteiger partial charge in [0.2, 0.25) is 0 Å². The summed E-state index contributed by atoms with van der Waals surface area (Å²) in [5.41, 5.74) is 0. The molecule has 13 heavy (non-hydrogen) atoms. The van der Waals surface area contributed by atoms with E-state index in [2.05, 4.69) is 5.32 Å². The van der Waals surface area contributed by atoms with E-state index in [1.807, 2.05) is 0 Å². The molecule has 2 heteroatoms. The first kappa shape index (κ1) is 9.47. The van der Waals surface area contributed by atoms with Crippen molar-refractivity contribution in [1.29, 1.82) is 0 Å². The molecular formula is C11H21NO. The highest BCUT2D eigenvalue weighted by Gasteiger charge is 2.32. The summed E-state index contributed by atoms with van der Waals surface area (Å²) in [5, 5.41) is 12.8. The van der Waals surface area contributed by atoms with Gasteiger partial charge < -0.3 is 10.4 Å². The van der Waals surface area contributed by atoms with Gasteiger partial charge in [0.15, 0.2) is 0 Å². The summed E-state index contributed by atoms with van der Waals surface area (Å²) < 4.78 is 0. The van der Waals surface area contributed by atoms with Crippen molar-refractivity contribution in [2.24, 2.45) is 11.8 Å². The van der Waals surface area contributed by atoms with Crippen LogP contribution < -0.4 is 5.32 Å². The molecule has 1 aliphatic heterocycles. The fourth-order valence-electron chi connectivity index (χ4n) is 2.84. The monoisotopic (exact) mass is 183 g/mol. The van der Waals surface area contributed by atoms with Crippen LogP contribution in [0.25, 0.3) is 0 Å². The van der Waals surface area contributed by atoms with Crippen LogP contribution in [0.2, 0.25) is 0 Å². The number of rotatable bonds is 3. The number of hydrogen-bond acceptors (Lipinski definition) is 2. The van der Waals surface area contributed by atoms with E-state index in [0.717, 1.165) is 12.5 Å². The van der Waals surface area contributed by atoms with Gasteiger partial charge in [-0.2, -0.15) is 0 Å². The van der Waals surface area contributed by atoms with Crippen LogP contribution in [0.3, 0.4) is 0 Å². The van der Waals surface area contributed by atoms with E-state index < -0.39 is 0 Å². The van der Waals surface area contributed by atoms with Crippen molar-refractivity contribution < 1.29 is 5.11 Å². The van der Waals surface area contributed by atoms with Crippen molar-refractivity contribution >= 4 is 0 Å². The van der Waals surface area contributed by atoms with Crippen LogP contribution in [0, 0.1) is 11.8 Å². The average Bonchev–Trinajstić information content (AvgIpc) is 2.12. The van der Waals surface area contributed by atoms with E-state index in [1.54, 1.807) is 0 Å². The molecule has 1 heterocycles. The van der Waals surface area contributed by atoms with Gasteiger partial charge in [0.05, 0.1) is 0 Å². The molecule has 2 N–H and O–H groups in total. The van der Waals surface area contributed by atoms with Gasteiger partial charge in [-0.3, -0.25) is 0 Å². The Morgan fingerprint density at radius 3 is 2.31 bits per heavy atom. The number of hydrogen-bond donors (Lipinski definition) is 2. The first-order valence-corrected chi connectivity index (χ1v) is 5.76. The number of aliphatic hydroxyl groups is 1. The first-order chi connectivity index (χ1) is 6.42. The molecule has 0 bridgehead atoms. The van der Waals surface area contributed by atoms with Gasteiger partial charge in [-0.1, -0.05) is 32.1 Å². The van der Waals surface area contributed by atoms with Gasteiger partial charge in [-0.05, 0) is 18.9 Å². The van der Waals surface area contributed by atoms with Crippen molar-refractivity contribution in [3.8, 4) is 0 Å². The van der Waals surface area contributed by atoms with E-state index in [0.29, 0.717) is 18.6 Å². The van der Waals surface area contributed by atoms with Gasteiger partial charge >= 0.3 is 0 Å². The highest BCUT2D eigenvalue weighted by atomic mass is 16.3. The molecule has 0 aromatic rings. The molecule has 1 saturated carbocycles. The van der Waals surface area contributed by atoms with Crippen LogP contribution in [0.5, 0.6) is 0 Å². The maximum absolute atomic E-state index is 9.37. The zero-order valence-corrected chi connectivity index (χ0v) is 8.34. The molecule has 0 amide bonds. The van der Waals surface area contributed by atoms with E-state index in [9.17, 15) is 5.11 Å². The molecule has 2 atom stereocenters. The second-order valence-electron chi connectivity index (χ2n) is 4.59. The second-order valence-corrected chi connectivity index (χ2v) is 4.59. The van der Waals surface area contributed by atoms with Crippen LogP contribution in [-0.2, 0) is 0 Å². The van der Waals surface area contributed by atoms with Crippen molar-refractivity contribution in [1.82, 2.24) is 5.32 Å². The smallest absolute Gasteiger partial charge is 0.0476 e. The second kappa shape index (κ2) is 4.43. The van der Waals surface area contributed by atoms with Crippen LogP contribution >= 0.6 is 0 Å². The molecule has 2 nitrogen and oxygen atoms in total. The minimum absolute atomic E-state index is 0.391. The maximum atomic E-state index is 9.37. The summed E-state index contributed by atoms with van der Waals surface area (Å²) in [6.07, 6.45) is 8.16. The summed E-state index contributed by atoms with van der Waals surface area (Å²) in [6.45, 7) is 1.55. The van der Waals surface area contributed by atoms with E-state index in [-0.39, 0.29) is 0 Å². The molecule has 2 rings (SSSR count). The quantitative estimate of drug-likeness (QED) is 0.695. The van der Waals surface area contributed by atoms with E-state index >= 15 is 0 Å². The molecule has 1 saturated heterocycles. The predicted octanol–water partition coefficient (Wildman–Crippen LogP) is 1.54. The summed E-state index contributed by atoms with van der Waals surface area (Å²) in [5.74, 6) is 1.35. The van der Waals surface area contributed by atoms with Crippen molar-refractivity contribution in [2.75, 3.05) is 13.2 Å². The third-order valence-corrected chi connectivity index (χ3v) is 3.84. The van der Waals surface area contributed by atoms with Crippen molar-refractivity contribution in [3.63, 3.8) is 0 Å². The Bertz CT molecular complexity index is 150. The predicted molar refractivity (Wildman–Crippen MR) is 53.6 cm³/mol. The number of nitrogens with one attached hydrogen (secondary N) is 1. The normalized spacial score (nSPS) is 32.5. The summed E-state index contributed by atoms with van der Waals surface area (Å²) in [7, 11) is 0. The molecule has 0 radical (unpaired) electrons. The molecule has 0 spiro atoms. The van der Waals surface area contributed by atoms with Crippen LogP contribution in [0.1, 0.15) is 38.5 Å². The molecule has 2 aliphatic rings. The Labute approximate surface area is 80.7 Å². The lowest BCUT2D eigenvalue weighted by molar-refractivity contribution is 0.0878. The molecule has 2 fully saturated rings. The van der Waals surface area contributed by atoms with E-state index in [4.69, 9.17) is 0 Å². The zero-order chi connectivity index (χ0) is 9.10. The summed E-state index contributed by atoms with van der Waals surface area (Å²) in [6, 6.07) is 0.632. The molecule has 0 aromatic carbocycles. The lowest BCUT2D eigenvalue weighted by Gasteiger charge is -2.40. The van der Waals surface area contributed by atoms with Crippen molar-refractivity contribution in [2.45, 2.75) is 44.6 Å². The Balaban J connectivity index is 1.86. The first-order valence-electron chi connectivity index (χ1n) is 5.76. The maximum Gasteiger partial charge on any atom is 0.0476 e. The van der Waals surface area contributed by atoms with Crippen molar-refractivity contribution in [3.05, 3.63) is 0 Å². The van der Waals surface area contributed by atoms with Gasteiger partial charge in [-0.15, -0.1) is 0 Å². The molecule has 2 unspecified atom stereocenters. The largest absolute Gasteiger partial charge is 0.396 e. The summed E-state index contributed by atoms with van der Waals surface area (Å²) in [4.78, 5) is 0. The Morgan fingerprint density at radius 1 is 1.15 bits per heavy atom. The molecule has 1 aliphatic carbocycles. The van der Waals surface area contributed by atoms with Crippen LogP contribution in [0.4, 0.5) is 0 Å². The van der Waals surface area contributed by atoms with Gasteiger partial charge in [-0.25, -0.2) is 0 Å². The lowest BCUT2D eigenvalue weighted by Crippen LogP contribution is -2.51. The van der Waals surface area contributed by atoms with E-state index in [1.165, 1.54) is 38.5 Å². The Hall–Kier alpha value is -0.0800. The Morgan fingerprint density at radius 2 is 1.85 bits per heavy atom. The number of aliphatic hydroxyl groups excluding tert-OH is 1. The van der Waals surface area contributed by atoms with Crippen LogP contribution in [-0.4, -0.2) is 24.3 Å². The Kier molecular flexibility index (Phi) is 3.23. The minimum atomic E-state index is 0.391. The highest BCUT2D eigenvalue weighted by Crippen LogP contribution is 2.33. The molecule has 0 aromatic heterocycles. The minimum Gasteiger partial charge on any atom is -0.396 e. The molecule has 76 valence electrons. The van der Waals surface area contributed by atoms with Gasteiger partial charge in [0.25, 0.3) is 0 Å². The topological polar surface area (TPSA) is 32.3 Å². The standard InChI is InChI=1S/C11H21NO/c13-8-10(11-6-7-12-11)9-4-2-1-3-5-9/h9-13H,1-8H2. The van der Waals surface area contributed by atoms with Gasteiger partial charge in [0.1, 0.15) is 0 Å². The SMILES string of the molecule is OCC(C1CCCCC1)C1CCN1. The van der Waals surface area contributed by atoms with Gasteiger partial charge in [0, 0.05) is 18.6 Å². The fraction of sp³-hybridized carbons (Fsp3) is 1.00. The lowest BCUT2D eigenvalue weighted by atomic mass is 9.74. The zero-order valence-electron chi connectivity index (χ0n) is 8.34. The molecular weight excluding hydrogens is 162 g/mol. The highest BCUT2D eigenvalue weighted by molar-refractivity contribution is 4.88. The van der Waals surface area contributed by atoms with Crippen LogP contribution in [0.15, 0.2) is 0 Å². The third kappa shape index (κ3) is 2.05. The summed E-state index contributed by atoms with van der Waals surface area (Å²) >= 11 is 0. The average molecular weight is 183 g/mol. The fourth-order valence-corrected chi connectivity index (χ4v) is 2.84. The third-order valence-electron chi connectivity index (χ3n) is 3.84.